The number of piperazine rings is 1. The summed E-state index contributed by atoms with van der Waals surface area (Å²) in [6, 6.07) is 0. The van der Waals surface area contributed by atoms with Gasteiger partial charge in [0.25, 0.3) is 0 Å². The Bertz CT molecular complexity index is 443. The maximum atomic E-state index is 2.83. The van der Waals surface area contributed by atoms with Gasteiger partial charge >= 0.3 is 0 Å². The van der Waals surface area contributed by atoms with Gasteiger partial charge in [-0.3, -0.25) is 0 Å². The van der Waals surface area contributed by atoms with Gasteiger partial charge in [0.15, 0.2) is 0 Å². The fourth-order valence-electron chi connectivity index (χ4n) is 6.49. The molecule has 1 atom stereocenters. The molecule has 0 N–H and O–H groups in total. The first-order valence-electron chi connectivity index (χ1n) is 18.2. The summed E-state index contributed by atoms with van der Waals surface area (Å²) in [5.41, 5.74) is 0. The molecular formula is C36H74N2. The van der Waals surface area contributed by atoms with Crippen LogP contribution in [0.3, 0.4) is 0 Å². The summed E-state index contributed by atoms with van der Waals surface area (Å²) in [6.07, 6.45) is 37.8. The van der Waals surface area contributed by atoms with Crippen LogP contribution in [0.2, 0.25) is 0 Å². The minimum absolute atomic E-state index is 0.954. The highest BCUT2D eigenvalue weighted by Gasteiger charge is 2.19. The Morgan fingerprint density at radius 3 is 1.08 bits per heavy atom. The molecule has 38 heavy (non-hydrogen) atoms. The van der Waals surface area contributed by atoms with Crippen molar-refractivity contribution < 1.29 is 0 Å². The lowest BCUT2D eigenvalue weighted by Gasteiger charge is -2.36. The Morgan fingerprint density at radius 1 is 0.368 bits per heavy atom. The first-order chi connectivity index (χ1) is 18.8. The quantitative estimate of drug-likeness (QED) is 0.0880. The van der Waals surface area contributed by atoms with Crippen molar-refractivity contribution >= 4 is 0 Å². The molecule has 0 aromatic carbocycles. The molecule has 1 heterocycles. The average molecular weight is 535 g/mol. The van der Waals surface area contributed by atoms with Gasteiger partial charge in [-0.25, -0.2) is 0 Å². The highest BCUT2D eigenvalue weighted by Crippen LogP contribution is 2.21. The van der Waals surface area contributed by atoms with E-state index < -0.39 is 0 Å². The molecule has 0 radical (unpaired) electrons. The molecule has 1 rings (SSSR count). The summed E-state index contributed by atoms with van der Waals surface area (Å²) in [6.45, 7) is 15.0. The van der Waals surface area contributed by atoms with Crippen LogP contribution in [-0.4, -0.2) is 49.1 Å². The van der Waals surface area contributed by atoms with Gasteiger partial charge < -0.3 is 9.80 Å². The first kappa shape index (κ1) is 35.9. The summed E-state index contributed by atoms with van der Waals surface area (Å²) in [4.78, 5) is 5.60. The lowest BCUT2D eigenvalue weighted by Crippen LogP contribution is -2.47. The highest BCUT2D eigenvalue weighted by molar-refractivity contribution is 4.75. The predicted octanol–water partition coefficient (Wildman–Crippen LogP) is 11.4. The second-order valence-electron chi connectivity index (χ2n) is 13.0. The summed E-state index contributed by atoms with van der Waals surface area (Å²) < 4.78 is 0. The smallest absolute Gasteiger partial charge is 0.0110 e. The monoisotopic (exact) mass is 535 g/mol. The van der Waals surface area contributed by atoms with E-state index in [1.165, 1.54) is 206 Å². The van der Waals surface area contributed by atoms with Crippen molar-refractivity contribution in [3.8, 4) is 0 Å². The van der Waals surface area contributed by atoms with Gasteiger partial charge in [0.2, 0.25) is 0 Å². The molecule has 1 aliphatic rings. The summed E-state index contributed by atoms with van der Waals surface area (Å²) in [7, 11) is 0. The topological polar surface area (TPSA) is 6.48 Å². The van der Waals surface area contributed by atoms with Crippen LogP contribution in [0.15, 0.2) is 0 Å². The van der Waals surface area contributed by atoms with E-state index in [4.69, 9.17) is 0 Å². The average Bonchev–Trinajstić information content (AvgIpc) is 2.93. The van der Waals surface area contributed by atoms with Crippen LogP contribution in [0.4, 0.5) is 0 Å². The van der Waals surface area contributed by atoms with Crippen molar-refractivity contribution in [3.05, 3.63) is 0 Å². The Balaban J connectivity index is 2.15. The van der Waals surface area contributed by atoms with E-state index in [9.17, 15) is 0 Å². The van der Waals surface area contributed by atoms with Crippen LogP contribution >= 0.6 is 0 Å². The van der Waals surface area contributed by atoms with Gasteiger partial charge in [-0.05, 0) is 31.7 Å². The first-order valence-corrected chi connectivity index (χ1v) is 18.2. The fourth-order valence-corrected chi connectivity index (χ4v) is 6.49. The zero-order valence-electron chi connectivity index (χ0n) is 27.1. The van der Waals surface area contributed by atoms with Crippen molar-refractivity contribution in [2.24, 2.45) is 5.92 Å². The number of hydrogen-bond acceptors (Lipinski definition) is 2. The van der Waals surface area contributed by atoms with Crippen LogP contribution in [0.25, 0.3) is 0 Å². The molecule has 0 amide bonds. The Hall–Kier alpha value is -0.0800. The van der Waals surface area contributed by atoms with E-state index in [0.29, 0.717) is 0 Å². The predicted molar refractivity (Wildman–Crippen MR) is 173 cm³/mol. The maximum absolute atomic E-state index is 2.83. The zero-order chi connectivity index (χ0) is 27.4. The second-order valence-corrected chi connectivity index (χ2v) is 13.0. The highest BCUT2D eigenvalue weighted by atomic mass is 15.3. The Kier molecular flexibility index (Phi) is 26.9. The standard InChI is InChI=1S/C36H74N2/c1-4-7-10-13-16-18-19-21-24-27-30-37-31-33-38(34-32-37)35-36(28-25-22-15-12-9-6-3)29-26-23-20-17-14-11-8-5-2/h36H,4-35H2,1-3H3. The largest absolute Gasteiger partial charge is 0.301 e. The zero-order valence-corrected chi connectivity index (χ0v) is 27.1. The minimum Gasteiger partial charge on any atom is -0.301 e. The summed E-state index contributed by atoms with van der Waals surface area (Å²) in [5, 5.41) is 0. The second kappa shape index (κ2) is 28.4. The van der Waals surface area contributed by atoms with Gasteiger partial charge in [0, 0.05) is 32.7 Å². The maximum Gasteiger partial charge on any atom is 0.0110 e. The number of unbranched alkanes of at least 4 members (excludes halogenated alkanes) is 21. The van der Waals surface area contributed by atoms with Gasteiger partial charge in [-0.2, -0.15) is 0 Å². The molecule has 0 spiro atoms. The van der Waals surface area contributed by atoms with E-state index in [1.54, 1.807) is 0 Å². The molecule has 0 aromatic heterocycles. The molecule has 0 saturated carbocycles. The molecule has 1 fully saturated rings. The number of hydrogen-bond donors (Lipinski definition) is 0. The van der Waals surface area contributed by atoms with Crippen LogP contribution in [-0.2, 0) is 0 Å². The van der Waals surface area contributed by atoms with E-state index in [2.05, 4.69) is 30.6 Å². The van der Waals surface area contributed by atoms with Gasteiger partial charge in [-0.1, -0.05) is 168 Å². The number of nitrogens with zero attached hydrogens (tertiary/aromatic N) is 2. The third-order valence-electron chi connectivity index (χ3n) is 9.24. The van der Waals surface area contributed by atoms with Crippen LogP contribution < -0.4 is 0 Å². The molecule has 0 aromatic rings. The minimum atomic E-state index is 0.954. The summed E-state index contributed by atoms with van der Waals surface area (Å²) in [5.74, 6) is 0.954. The molecule has 2 heteroatoms. The number of rotatable bonds is 29. The Labute approximate surface area is 242 Å². The molecule has 1 saturated heterocycles. The van der Waals surface area contributed by atoms with Crippen molar-refractivity contribution in [2.75, 3.05) is 39.3 Å². The van der Waals surface area contributed by atoms with Crippen molar-refractivity contribution in [2.45, 2.75) is 188 Å². The van der Waals surface area contributed by atoms with Gasteiger partial charge in [0.05, 0.1) is 0 Å². The normalized spacial score (nSPS) is 15.9. The van der Waals surface area contributed by atoms with Crippen LogP contribution in [0.1, 0.15) is 188 Å². The molecule has 228 valence electrons. The lowest BCUT2D eigenvalue weighted by atomic mass is 9.93. The van der Waals surface area contributed by atoms with Crippen molar-refractivity contribution in [1.29, 1.82) is 0 Å². The fraction of sp³-hybridized carbons (Fsp3) is 1.00. The molecule has 2 nitrogen and oxygen atoms in total. The molecule has 0 aliphatic carbocycles. The van der Waals surface area contributed by atoms with Crippen LogP contribution in [0, 0.1) is 5.92 Å². The molecular weight excluding hydrogens is 460 g/mol. The van der Waals surface area contributed by atoms with E-state index >= 15 is 0 Å². The van der Waals surface area contributed by atoms with E-state index in [1.807, 2.05) is 0 Å². The van der Waals surface area contributed by atoms with Gasteiger partial charge in [0.1, 0.15) is 0 Å². The Morgan fingerprint density at radius 2 is 0.684 bits per heavy atom. The third kappa shape index (κ3) is 22.7. The van der Waals surface area contributed by atoms with Crippen molar-refractivity contribution in [1.82, 2.24) is 9.80 Å². The third-order valence-corrected chi connectivity index (χ3v) is 9.24. The molecule has 0 bridgehead atoms. The summed E-state index contributed by atoms with van der Waals surface area (Å²) >= 11 is 0. The van der Waals surface area contributed by atoms with Crippen molar-refractivity contribution in [3.63, 3.8) is 0 Å². The molecule has 1 aliphatic heterocycles. The van der Waals surface area contributed by atoms with E-state index in [-0.39, 0.29) is 0 Å². The SMILES string of the molecule is CCCCCCCCCCCCN1CCN(CC(CCCCCCCC)CCCCCCCCCC)CC1. The van der Waals surface area contributed by atoms with Crippen LogP contribution in [0.5, 0.6) is 0 Å². The molecule has 1 unspecified atom stereocenters. The van der Waals surface area contributed by atoms with Gasteiger partial charge in [-0.15, -0.1) is 0 Å². The van der Waals surface area contributed by atoms with E-state index in [0.717, 1.165) is 5.92 Å². The lowest BCUT2D eigenvalue weighted by molar-refractivity contribution is 0.111.